The van der Waals surface area contributed by atoms with Gasteiger partial charge in [-0.15, -0.1) is 0 Å². The molecular weight excluding hydrogens is 446 g/mol. The molecule has 10 heteroatoms. The van der Waals surface area contributed by atoms with Crippen LogP contribution >= 0.6 is 0 Å². The highest BCUT2D eigenvalue weighted by Gasteiger charge is 2.30. The molecule has 0 radical (unpaired) electrons. The molecule has 0 aliphatic carbocycles. The number of nitro benzene ring substituents is 1. The number of nitrogens with zero attached hydrogens (tertiary/aromatic N) is 3. The van der Waals surface area contributed by atoms with E-state index in [0.717, 1.165) is 28.4 Å². The fourth-order valence-electron chi connectivity index (χ4n) is 3.88. The standard InChI is InChI=1S/C23H23N3O6S/c1-2-21-20(19-8-3-4-9-22(19)32-21)10-11-23(27)24-12-14-25(15-13-24)33(30,31)18-7-5-6-17(16-18)26(28)29/h3-11,16H,2,12-15H2,1H3/b11-10+. The first-order valence-corrected chi connectivity index (χ1v) is 12.0. The molecule has 4 rings (SSSR count). The van der Waals surface area contributed by atoms with E-state index < -0.39 is 14.9 Å². The highest BCUT2D eigenvalue weighted by atomic mass is 32.2. The second-order valence-electron chi connectivity index (χ2n) is 7.61. The van der Waals surface area contributed by atoms with Gasteiger partial charge in [-0.05, 0) is 18.2 Å². The van der Waals surface area contributed by atoms with Gasteiger partial charge in [0.25, 0.3) is 5.69 Å². The van der Waals surface area contributed by atoms with Crippen molar-refractivity contribution in [3.8, 4) is 0 Å². The number of furan rings is 1. The van der Waals surface area contributed by atoms with Crippen LogP contribution in [0.4, 0.5) is 5.69 Å². The van der Waals surface area contributed by atoms with E-state index >= 15 is 0 Å². The second-order valence-corrected chi connectivity index (χ2v) is 9.54. The summed E-state index contributed by atoms with van der Waals surface area (Å²) in [7, 11) is -3.89. The number of para-hydroxylation sites is 1. The molecule has 2 heterocycles. The van der Waals surface area contributed by atoms with Crippen molar-refractivity contribution in [1.29, 1.82) is 0 Å². The molecular formula is C23H23N3O6S. The smallest absolute Gasteiger partial charge is 0.270 e. The number of hydrogen-bond donors (Lipinski definition) is 0. The number of sulfonamides is 1. The van der Waals surface area contributed by atoms with E-state index in [4.69, 9.17) is 4.42 Å². The Kier molecular flexibility index (Phi) is 6.30. The van der Waals surface area contributed by atoms with Gasteiger partial charge in [-0.1, -0.05) is 31.2 Å². The van der Waals surface area contributed by atoms with E-state index in [-0.39, 0.29) is 42.7 Å². The van der Waals surface area contributed by atoms with Gasteiger partial charge in [0.2, 0.25) is 15.9 Å². The summed E-state index contributed by atoms with van der Waals surface area (Å²) >= 11 is 0. The topological polar surface area (TPSA) is 114 Å². The third-order valence-corrected chi connectivity index (χ3v) is 7.54. The van der Waals surface area contributed by atoms with Crippen molar-refractivity contribution in [1.82, 2.24) is 9.21 Å². The predicted molar refractivity (Wildman–Crippen MR) is 123 cm³/mol. The van der Waals surface area contributed by atoms with Crippen LogP contribution in [0.3, 0.4) is 0 Å². The van der Waals surface area contributed by atoms with Crippen LogP contribution in [0, 0.1) is 10.1 Å². The molecule has 1 fully saturated rings. The maximum Gasteiger partial charge on any atom is 0.270 e. The SMILES string of the molecule is CCc1oc2ccccc2c1/C=C/C(=O)N1CCN(S(=O)(=O)c2cccc([N+](=O)[O-])c2)CC1. The first-order chi connectivity index (χ1) is 15.8. The first kappa shape index (κ1) is 22.7. The summed E-state index contributed by atoms with van der Waals surface area (Å²) in [5, 5.41) is 11.9. The summed E-state index contributed by atoms with van der Waals surface area (Å²) in [6.45, 7) is 2.66. The van der Waals surface area contributed by atoms with Gasteiger partial charge in [-0.2, -0.15) is 4.31 Å². The van der Waals surface area contributed by atoms with Crippen molar-refractivity contribution in [2.45, 2.75) is 18.2 Å². The van der Waals surface area contributed by atoms with Gasteiger partial charge >= 0.3 is 0 Å². The summed E-state index contributed by atoms with van der Waals surface area (Å²) < 4.78 is 32.9. The Morgan fingerprint density at radius 3 is 2.55 bits per heavy atom. The average Bonchev–Trinajstić information content (AvgIpc) is 3.20. The van der Waals surface area contributed by atoms with Crippen molar-refractivity contribution < 1.29 is 22.6 Å². The molecule has 33 heavy (non-hydrogen) atoms. The number of non-ortho nitro benzene ring substituents is 1. The van der Waals surface area contributed by atoms with Gasteiger partial charge in [0.05, 0.1) is 9.82 Å². The minimum Gasteiger partial charge on any atom is -0.460 e. The van der Waals surface area contributed by atoms with Gasteiger partial charge < -0.3 is 9.32 Å². The van der Waals surface area contributed by atoms with Crippen molar-refractivity contribution in [3.05, 3.63) is 76.0 Å². The normalized spacial score (nSPS) is 15.4. The summed E-state index contributed by atoms with van der Waals surface area (Å²) in [6.07, 6.45) is 3.93. The van der Waals surface area contributed by atoms with E-state index in [2.05, 4.69) is 0 Å². The number of fused-ring (bicyclic) bond motifs is 1. The Bertz CT molecular complexity index is 1340. The van der Waals surface area contributed by atoms with E-state index in [1.165, 1.54) is 28.6 Å². The third kappa shape index (κ3) is 4.53. The van der Waals surface area contributed by atoms with Crippen LogP contribution in [0.1, 0.15) is 18.2 Å². The Labute approximate surface area is 191 Å². The molecule has 1 aliphatic heterocycles. The fourth-order valence-corrected chi connectivity index (χ4v) is 5.34. The lowest BCUT2D eigenvalue weighted by molar-refractivity contribution is -0.385. The van der Waals surface area contributed by atoms with E-state index in [9.17, 15) is 23.3 Å². The van der Waals surface area contributed by atoms with Crippen LogP contribution in [-0.2, 0) is 21.2 Å². The lowest BCUT2D eigenvalue weighted by Gasteiger charge is -2.33. The van der Waals surface area contributed by atoms with Crippen LogP contribution in [-0.4, -0.2) is 54.6 Å². The maximum atomic E-state index is 12.9. The highest BCUT2D eigenvalue weighted by Crippen LogP contribution is 2.27. The van der Waals surface area contributed by atoms with Gasteiger partial charge in [0.1, 0.15) is 11.3 Å². The third-order valence-electron chi connectivity index (χ3n) is 5.64. The molecule has 172 valence electrons. The van der Waals surface area contributed by atoms with Crippen molar-refractivity contribution in [3.63, 3.8) is 0 Å². The molecule has 9 nitrogen and oxygen atoms in total. The van der Waals surface area contributed by atoms with Gasteiger partial charge in [-0.3, -0.25) is 14.9 Å². The molecule has 1 aliphatic rings. The second kappa shape index (κ2) is 9.16. The summed E-state index contributed by atoms with van der Waals surface area (Å²) in [5.41, 5.74) is 1.35. The number of aryl methyl sites for hydroxylation is 1. The minimum atomic E-state index is -3.89. The van der Waals surface area contributed by atoms with Crippen LogP contribution in [0.25, 0.3) is 17.0 Å². The number of carbonyl (C=O) groups excluding carboxylic acids is 1. The van der Waals surface area contributed by atoms with Crippen LogP contribution in [0.2, 0.25) is 0 Å². The van der Waals surface area contributed by atoms with Gasteiger partial charge in [0, 0.05) is 61.8 Å². The first-order valence-electron chi connectivity index (χ1n) is 10.5. The Morgan fingerprint density at radius 1 is 1.12 bits per heavy atom. The Hall–Kier alpha value is -3.50. The molecule has 0 unspecified atom stereocenters. The largest absolute Gasteiger partial charge is 0.460 e. The zero-order chi connectivity index (χ0) is 23.6. The maximum absolute atomic E-state index is 12.9. The van der Waals surface area contributed by atoms with Crippen molar-refractivity contribution in [2.75, 3.05) is 26.2 Å². The minimum absolute atomic E-state index is 0.111. The molecule has 0 N–H and O–H groups in total. The zero-order valence-electron chi connectivity index (χ0n) is 18.0. The molecule has 0 spiro atoms. The highest BCUT2D eigenvalue weighted by molar-refractivity contribution is 7.89. The molecule has 3 aromatic rings. The van der Waals surface area contributed by atoms with Crippen LogP contribution in [0.15, 0.2) is 63.9 Å². The molecule has 0 bridgehead atoms. The van der Waals surface area contributed by atoms with E-state index in [1.54, 1.807) is 11.0 Å². The number of carbonyl (C=O) groups is 1. The molecule has 0 saturated carbocycles. The fraction of sp³-hybridized carbons (Fsp3) is 0.261. The molecule has 0 atom stereocenters. The number of rotatable bonds is 6. The average molecular weight is 470 g/mol. The Morgan fingerprint density at radius 2 is 1.85 bits per heavy atom. The van der Waals surface area contributed by atoms with Crippen molar-refractivity contribution in [2.24, 2.45) is 0 Å². The van der Waals surface area contributed by atoms with Gasteiger partial charge in [-0.25, -0.2) is 8.42 Å². The number of benzene rings is 2. The Balaban J connectivity index is 1.44. The number of hydrogen-bond acceptors (Lipinski definition) is 6. The lowest BCUT2D eigenvalue weighted by Crippen LogP contribution is -2.50. The van der Waals surface area contributed by atoms with E-state index in [0.29, 0.717) is 6.42 Å². The molecule has 1 saturated heterocycles. The van der Waals surface area contributed by atoms with Crippen LogP contribution in [0.5, 0.6) is 0 Å². The number of nitro groups is 1. The van der Waals surface area contributed by atoms with E-state index in [1.807, 2.05) is 31.2 Å². The van der Waals surface area contributed by atoms with Gasteiger partial charge in [0.15, 0.2) is 0 Å². The molecule has 1 amide bonds. The summed E-state index contributed by atoms with van der Waals surface area (Å²) in [6, 6.07) is 12.6. The molecule has 1 aromatic heterocycles. The molecule has 2 aromatic carbocycles. The predicted octanol–water partition coefficient (Wildman–Crippen LogP) is 3.45. The number of piperazine rings is 1. The lowest BCUT2D eigenvalue weighted by atomic mass is 10.1. The number of amides is 1. The van der Waals surface area contributed by atoms with Crippen molar-refractivity contribution >= 4 is 38.7 Å². The summed E-state index contributed by atoms with van der Waals surface area (Å²) in [4.78, 5) is 24.5. The monoisotopic (exact) mass is 469 g/mol. The quantitative estimate of drug-likeness (QED) is 0.310. The van der Waals surface area contributed by atoms with Crippen LogP contribution < -0.4 is 0 Å². The summed E-state index contributed by atoms with van der Waals surface area (Å²) in [5.74, 6) is 0.586. The zero-order valence-corrected chi connectivity index (χ0v) is 18.8.